The standard InChI is InChI=1S/C14H20N2O/c1-11(2)17-13-8-6-5-7-12(13)16-10-14(3,4)9-15/h5-8,11,16H,10H2,1-4H3. The first-order chi connectivity index (χ1) is 7.94. The average Bonchev–Trinajstić information content (AvgIpc) is 2.27. The topological polar surface area (TPSA) is 45.0 Å². The first-order valence-electron chi connectivity index (χ1n) is 5.85. The van der Waals surface area contributed by atoms with Crippen LogP contribution < -0.4 is 10.1 Å². The molecule has 0 atom stereocenters. The van der Waals surface area contributed by atoms with E-state index >= 15 is 0 Å². The molecule has 0 radical (unpaired) electrons. The summed E-state index contributed by atoms with van der Waals surface area (Å²) in [4.78, 5) is 0. The first-order valence-corrected chi connectivity index (χ1v) is 5.85. The lowest BCUT2D eigenvalue weighted by Gasteiger charge is -2.19. The van der Waals surface area contributed by atoms with Gasteiger partial charge in [0.05, 0.1) is 23.3 Å². The van der Waals surface area contributed by atoms with Crippen LogP contribution in [0, 0.1) is 16.7 Å². The van der Waals surface area contributed by atoms with E-state index in [1.807, 2.05) is 52.0 Å². The summed E-state index contributed by atoms with van der Waals surface area (Å²) in [5.41, 5.74) is 0.551. The molecule has 1 aromatic rings. The number of benzene rings is 1. The molecule has 0 fully saturated rings. The molecule has 0 aliphatic heterocycles. The van der Waals surface area contributed by atoms with Crippen molar-refractivity contribution in [1.29, 1.82) is 5.26 Å². The number of hydrogen-bond acceptors (Lipinski definition) is 3. The number of ether oxygens (including phenoxy) is 1. The second kappa shape index (κ2) is 5.58. The molecule has 0 aliphatic carbocycles. The van der Waals surface area contributed by atoms with Crippen molar-refractivity contribution >= 4 is 5.69 Å². The zero-order valence-corrected chi connectivity index (χ0v) is 10.9. The maximum Gasteiger partial charge on any atom is 0.142 e. The molecular formula is C14H20N2O. The van der Waals surface area contributed by atoms with Crippen molar-refractivity contribution < 1.29 is 4.74 Å². The van der Waals surface area contributed by atoms with Gasteiger partial charge >= 0.3 is 0 Å². The fourth-order valence-corrected chi connectivity index (χ4v) is 1.33. The second-order valence-corrected chi connectivity index (χ2v) is 5.01. The van der Waals surface area contributed by atoms with Gasteiger partial charge in [0.25, 0.3) is 0 Å². The molecule has 0 heterocycles. The Labute approximate surface area is 103 Å². The van der Waals surface area contributed by atoms with Gasteiger partial charge in [-0.25, -0.2) is 0 Å². The van der Waals surface area contributed by atoms with Crippen LogP contribution in [-0.4, -0.2) is 12.6 Å². The molecule has 1 aromatic carbocycles. The number of anilines is 1. The van der Waals surface area contributed by atoms with Crippen molar-refractivity contribution in [2.24, 2.45) is 5.41 Å². The molecule has 3 heteroatoms. The lowest BCUT2D eigenvalue weighted by Crippen LogP contribution is -2.21. The van der Waals surface area contributed by atoms with E-state index < -0.39 is 0 Å². The molecule has 0 unspecified atom stereocenters. The summed E-state index contributed by atoms with van der Waals surface area (Å²) in [5, 5.41) is 12.2. The Balaban J connectivity index is 2.74. The fraction of sp³-hybridized carbons (Fsp3) is 0.500. The highest BCUT2D eigenvalue weighted by Gasteiger charge is 2.17. The van der Waals surface area contributed by atoms with Crippen molar-refractivity contribution in [3.8, 4) is 11.8 Å². The number of hydrogen-bond donors (Lipinski definition) is 1. The van der Waals surface area contributed by atoms with Gasteiger partial charge in [0.2, 0.25) is 0 Å². The third-order valence-electron chi connectivity index (χ3n) is 2.27. The first kappa shape index (κ1) is 13.4. The molecule has 0 saturated carbocycles. The summed E-state index contributed by atoms with van der Waals surface area (Å²) in [6, 6.07) is 10.1. The van der Waals surface area contributed by atoms with Crippen LogP contribution in [0.15, 0.2) is 24.3 Å². The quantitative estimate of drug-likeness (QED) is 0.845. The van der Waals surface area contributed by atoms with E-state index in [9.17, 15) is 0 Å². The molecule has 0 aliphatic rings. The summed E-state index contributed by atoms with van der Waals surface area (Å²) >= 11 is 0. The maximum absolute atomic E-state index is 8.97. The lowest BCUT2D eigenvalue weighted by atomic mass is 9.96. The average molecular weight is 232 g/mol. The molecule has 17 heavy (non-hydrogen) atoms. The highest BCUT2D eigenvalue weighted by Crippen LogP contribution is 2.26. The smallest absolute Gasteiger partial charge is 0.142 e. The van der Waals surface area contributed by atoms with Crippen molar-refractivity contribution in [3.63, 3.8) is 0 Å². The molecule has 0 aromatic heterocycles. The summed E-state index contributed by atoms with van der Waals surface area (Å²) in [5.74, 6) is 0.830. The van der Waals surface area contributed by atoms with E-state index in [0.29, 0.717) is 6.54 Å². The van der Waals surface area contributed by atoms with E-state index in [0.717, 1.165) is 11.4 Å². The number of nitrogens with one attached hydrogen (secondary N) is 1. The van der Waals surface area contributed by atoms with Crippen LogP contribution in [0.3, 0.4) is 0 Å². The van der Waals surface area contributed by atoms with E-state index in [-0.39, 0.29) is 11.5 Å². The van der Waals surface area contributed by atoms with Crippen molar-refractivity contribution in [2.45, 2.75) is 33.8 Å². The van der Waals surface area contributed by atoms with Crippen molar-refractivity contribution in [1.82, 2.24) is 0 Å². The normalized spacial score (nSPS) is 11.1. The Bertz CT molecular complexity index is 405. The number of rotatable bonds is 5. The predicted octanol–water partition coefficient (Wildman–Crippen LogP) is 3.44. The molecule has 0 bridgehead atoms. The van der Waals surface area contributed by atoms with Crippen LogP contribution in [0.5, 0.6) is 5.75 Å². The van der Waals surface area contributed by atoms with Gasteiger partial charge in [0.15, 0.2) is 0 Å². The van der Waals surface area contributed by atoms with Gasteiger partial charge in [0.1, 0.15) is 5.75 Å². The molecule has 0 spiro atoms. The molecular weight excluding hydrogens is 212 g/mol. The number of para-hydroxylation sites is 2. The van der Waals surface area contributed by atoms with Gasteiger partial charge in [0, 0.05) is 6.54 Å². The molecule has 3 nitrogen and oxygen atoms in total. The highest BCUT2D eigenvalue weighted by molar-refractivity contribution is 5.56. The second-order valence-electron chi connectivity index (χ2n) is 5.01. The summed E-state index contributed by atoms with van der Waals surface area (Å²) < 4.78 is 5.70. The van der Waals surface area contributed by atoms with Crippen molar-refractivity contribution in [3.05, 3.63) is 24.3 Å². The van der Waals surface area contributed by atoms with Gasteiger partial charge in [-0.05, 0) is 39.8 Å². The van der Waals surface area contributed by atoms with E-state index in [2.05, 4.69) is 11.4 Å². The van der Waals surface area contributed by atoms with Crippen LogP contribution in [0.2, 0.25) is 0 Å². The minimum absolute atomic E-state index is 0.141. The Morgan fingerprint density at radius 2 is 2.00 bits per heavy atom. The summed E-state index contributed by atoms with van der Waals surface area (Å²) in [7, 11) is 0. The molecule has 1 rings (SSSR count). The van der Waals surface area contributed by atoms with Crippen LogP contribution in [0.1, 0.15) is 27.7 Å². The van der Waals surface area contributed by atoms with Gasteiger partial charge in [-0.2, -0.15) is 5.26 Å². The van der Waals surface area contributed by atoms with Gasteiger partial charge in [-0.15, -0.1) is 0 Å². The van der Waals surface area contributed by atoms with E-state index in [1.54, 1.807) is 0 Å². The highest BCUT2D eigenvalue weighted by atomic mass is 16.5. The Morgan fingerprint density at radius 1 is 1.35 bits per heavy atom. The summed E-state index contributed by atoms with van der Waals surface area (Å²) in [6.45, 7) is 8.41. The monoisotopic (exact) mass is 232 g/mol. The van der Waals surface area contributed by atoms with Crippen LogP contribution in [0.4, 0.5) is 5.69 Å². The largest absolute Gasteiger partial charge is 0.489 e. The molecule has 0 saturated heterocycles. The number of nitrogens with zero attached hydrogens (tertiary/aromatic N) is 1. The summed E-state index contributed by atoms with van der Waals surface area (Å²) in [6.07, 6.45) is 0.141. The molecule has 0 amide bonds. The minimum atomic E-state index is -0.384. The fourth-order valence-electron chi connectivity index (χ4n) is 1.33. The lowest BCUT2D eigenvalue weighted by molar-refractivity contribution is 0.243. The third kappa shape index (κ3) is 4.36. The van der Waals surface area contributed by atoms with Crippen molar-refractivity contribution in [2.75, 3.05) is 11.9 Å². The van der Waals surface area contributed by atoms with Gasteiger partial charge in [-0.3, -0.25) is 0 Å². The van der Waals surface area contributed by atoms with Gasteiger partial charge in [-0.1, -0.05) is 12.1 Å². The maximum atomic E-state index is 8.97. The van der Waals surface area contributed by atoms with E-state index in [4.69, 9.17) is 10.00 Å². The Morgan fingerprint density at radius 3 is 2.59 bits per heavy atom. The molecule has 92 valence electrons. The zero-order chi connectivity index (χ0) is 12.9. The zero-order valence-electron chi connectivity index (χ0n) is 10.9. The van der Waals surface area contributed by atoms with Gasteiger partial charge < -0.3 is 10.1 Å². The van der Waals surface area contributed by atoms with Crippen LogP contribution in [-0.2, 0) is 0 Å². The predicted molar refractivity (Wildman–Crippen MR) is 70.1 cm³/mol. The third-order valence-corrected chi connectivity index (χ3v) is 2.27. The Kier molecular flexibility index (Phi) is 4.39. The Hall–Kier alpha value is -1.69. The van der Waals surface area contributed by atoms with Crippen LogP contribution in [0.25, 0.3) is 0 Å². The minimum Gasteiger partial charge on any atom is -0.489 e. The number of nitriles is 1. The van der Waals surface area contributed by atoms with E-state index in [1.165, 1.54) is 0 Å². The molecule has 1 N–H and O–H groups in total. The SMILES string of the molecule is CC(C)Oc1ccccc1NCC(C)(C)C#N. The van der Waals surface area contributed by atoms with Crippen LogP contribution >= 0.6 is 0 Å².